The summed E-state index contributed by atoms with van der Waals surface area (Å²) in [7, 11) is 0. The van der Waals surface area contributed by atoms with Crippen LogP contribution in [-0.4, -0.2) is 50.3 Å². The maximum absolute atomic E-state index is 12.8. The fraction of sp³-hybridized carbons (Fsp3) is 0.225. The Hall–Kier alpha value is -6.41. The third kappa shape index (κ3) is 14.7. The Morgan fingerprint density at radius 1 is 0.667 bits per heavy atom. The standard InChI is InChI=1S/C40H39NO10/c1-4-37(42)48-24-8-6-22-46-33-15-10-30(11-16-33)14-21-39(44)50-35-19-20-36(29(3)26-35)51-40(45)32(28-41)27-31-12-17-34(18-13-31)47-23-7-9-25-49-38(43)5-2/h4-5,10-21,26-27H,1-2,6-9,22-25H2,3H3/b21-14+,32-27+. The molecule has 0 N–H and O–H groups in total. The van der Waals surface area contributed by atoms with Crippen molar-refractivity contribution < 1.29 is 47.6 Å². The summed E-state index contributed by atoms with van der Waals surface area (Å²) in [6, 6.07) is 20.4. The second-order valence-corrected chi connectivity index (χ2v) is 10.7. The molecule has 3 aromatic carbocycles. The summed E-state index contributed by atoms with van der Waals surface area (Å²) in [4.78, 5) is 47.3. The predicted molar refractivity (Wildman–Crippen MR) is 190 cm³/mol. The molecule has 51 heavy (non-hydrogen) atoms. The van der Waals surface area contributed by atoms with Crippen LogP contribution in [-0.2, 0) is 28.7 Å². The maximum atomic E-state index is 12.8. The molecular formula is C40H39NO10. The molecule has 0 aliphatic heterocycles. The summed E-state index contributed by atoms with van der Waals surface area (Å²) in [6.07, 6.45) is 9.27. The van der Waals surface area contributed by atoms with E-state index in [1.807, 2.05) is 6.07 Å². The molecule has 11 nitrogen and oxygen atoms in total. The van der Waals surface area contributed by atoms with E-state index in [9.17, 15) is 24.4 Å². The number of esters is 4. The lowest BCUT2D eigenvalue weighted by molar-refractivity contribution is -0.138. The van der Waals surface area contributed by atoms with Crippen molar-refractivity contribution in [1.82, 2.24) is 0 Å². The molecule has 264 valence electrons. The van der Waals surface area contributed by atoms with Crippen LogP contribution < -0.4 is 18.9 Å². The van der Waals surface area contributed by atoms with E-state index in [1.165, 1.54) is 24.3 Å². The van der Waals surface area contributed by atoms with E-state index < -0.39 is 23.9 Å². The van der Waals surface area contributed by atoms with E-state index >= 15 is 0 Å². The number of carbonyl (C=O) groups is 4. The van der Waals surface area contributed by atoms with Crippen LogP contribution in [0.2, 0.25) is 0 Å². The average molecular weight is 694 g/mol. The molecule has 0 radical (unpaired) electrons. The van der Waals surface area contributed by atoms with Crippen LogP contribution in [0.3, 0.4) is 0 Å². The molecule has 0 saturated heterocycles. The molecule has 0 amide bonds. The van der Waals surface area contributed by atoms with Crippen LogP contribution in [0.15, 0.2) is 104 Å². The Balaban J connectivity index is 1.44. The monoisotopic (exact) mass is 693 g/mol. The van der Waals surface area contributed by atoms with Gasteiger partial charge in [0.05, 0.1) is 26.4 Å². The third-order valence-corrected chi connectivity index (χ3v) is 6.83. The van der Waals surface area contributed by atoms with Gasteiger partial charge >= 0.3 is 23.9 Å². The van der Waals surface area contributed by atoms with Gasteiger partial charge in [-0.15, -0.1) is 0 Å². The minimum absolute atomic E-state index is 0.206. The van der Waals surface area contributed by atoms with Crippen molar-refractivity contribution in [2.75, 3.05) is 26.4 Å². The smallest absolute Gasteiger partial charge is 0.354 e. The quantitative estimate of drug-likeness (QED) is 0.0400. The van der Waals surface area contributed by atoms with Crippen LogP contribution >= 0.6 is 0 Å². The number of carbonyl (C=O) groups excluding carboxylic acids is 4. The Bertz CT molecular complexity index is 1770. The molecule has 0 fully saturated rings. The Kier molecular flexibility index (Phi) is 16.5. The van der Waals surface area contributed by atoms with Crippen LogP contribution in [0.4, 0.5) is 0 Å². The van der Waals surface area contributed by atoms with E-state index in [1.54, 1.807) is 67.6 Å². The number of hydrogen-bond acceptors (Lipinski definition) is 11. The second-order valence-electron chi connectivity index (χ2n) is 10.7. The molecule has 0 aliphatic rings. The molecule has 0 aromatic heterocycles. The topological polar surface area (TPSA) is 147 Å². The first kappa shape index (κ1) is 39.0. The Morgan fingerprint density at radius 2 is 1.18 bits per heavy atom. The summed E-state index contributed by atoms with van der Waals surface area (Å²) in [5.41, 5.74) is 1.67. The fourth-order valence-corrected chi connectivity index (χ4v) is 4.16. The number of benzene rings is 3. The highest BCUT2D eigenvalue weighted by Crippen LogP contribution is 2.25. The SMILES string of the molecule is C=CC(=O)OCCCCOc1ccc(/C=C/C(=O)Oc2ccc(OC(=O)/C(C#N)=C/c3ccc(OCCCCOC(=O)C=C)cc3)c(C)c2)cc1. The zero-order chi connectivity index (χ0) is 36.8. The highest BCUT2D eigenvalue weighted by molar-refractivity contribution is 5.99. The number of aryl methyl sites for hydroxylation is 1. The molecule has 0 atom stereocenters. The van der Waals surface area contributed by atoms with Crippen molar-refractivity contribution in [2.24, 2.45) is 0 Å². The molecule has 3 rings (SSSR count). The minimum Gasteiger partial charge on any atom is -0.494 e. The van der Waals surface area contributed by atoms with Gasteiger partial charge in [-0.1, -0.05) is 37.4 Å². The van der Waals surface area contributed by atoms with Gasteiger partial charge < -0.3 is 28.4 Å². The number of rotatable bonds is 20. The fourth-order valence-electron chi connectivity index (χ4n) is 4.16. The number of unbranched alkanes of at least 4 members (excludes halogenated alkanes) is 2. The van der Waals surface area contributed by atoms with E-state index in [4.69, 9.17) is 28.4 Å². The summed E-state index contributed by atoms with van der Waals surface area (Å²) in [5.74, 6) is -0.611. The van der Waals surface area contributed by atoms with Crippen molar-refractivity contribution in [2.45, 2.75) is 32.6 Å². The van der Waals surface area contributed by atoms with Gasteiger partial charge in [0.15, 0.2) is 0 Å². The molecule has 0 unspecified atom stereocenters. The highest BCUT2D eigenvalue weighted by Gasteiger charge is 2.15. The van der Waals surface area contributed by atoms with Gasteiger partial charge in [0.2, 0.25) is 0 Å². The first-order valence-corrected chi connectivity index (χ1v) is 16.1. The highest BCUT2D eigenvalue weighted by atomic mass is 16.5. The summed E-state index contributed by atoms with van der Waals surface area (Å²) < 4.78 is 32.0. The Morgan fingerprint density at radius 3 is 1.69 bits per heavy atom. The molecule has 11 heteroatoms. The van der Waals surface area contributed by atoms with Crippen molar-refractivity contribution in [3.8, 4) is 29.1 Å². The number of nitriles is 1. The number of hydrogen-bond donors (Lipinski definition) is 0. The van der Waals surface area contributed by atoms with E-state index in [2.05, 4.69) is 13.2 Å². The number of nitrogens with zero attached hydrogens (tertiary/aromatic N) is 1. The van der Waals surface area contributed by atoms with Gasteiger partial charge in [0.25, 0.3) is 0 Å². The molecular weight excluding hydrogens is 654 g/mol. The molecule has 0 aliphatic carbocycles. The summed E-state index contributed by atoms with van der Waals surface area (Å²) in [6.45, 7) is 9.86. The molecule has 3 aromatic rings. The molecule has 0 bridgehead atoms. The summed E-state index contributed by atoms with van der Waals surface area (Å²) in [5, 5.41) is 9.60. The third-order valence-electron chi connectivity index (χ3n) is 6.83. The lowest BCUT2D eigenvalue weighted by Gasteiger charge is -2.09. The van der Waals surface area contributed by atoms with Gasteiger partial charge in [0, 0.05) is 18.2 Å². The van der Waals surface area contributed by atoms with E-state index in [0.717, 1.165) is 17.7 Å². The summed E-state index contributed by atoms with van der Waals surface area (Å²) >= 11 is 0. The van der Waals surface area contributed by atoms with Gasteiger partial charge in [0.1, 0.15) is 34.6 Å². The van der Waals surface area contributed by atoms with Gasteiger partial charge in [-0.05, 0) is 104 Å². The zero-order valence-corrected chi connectivity index (χ0v) is 28.3. The van der Waals surface area contributed by atoms with Crippen molar-refractivity contribution in [3.05, 3.63) is 120 Å². The van der Waals surface area contributed by atoms with E-state index in [0.29, 0.717) is 68.1 Å². The van der Waals surface area contributed by atoms with Crippen molar-refractivity contribution in [1.29, 1.82) is 5.26 Å². The molecule has 0 spiro atoms. The lowest BCUT2D eigenvalue weighted by atomic mass is 10.1. The predicted octanol–water partition coefficient (Wildman–Crippen LogP) is 6.90. The van der Waals surface area contributed by atoms with Crippen molar-refractivity contribution in [3.63, 3.8) is 0 Å². The largest absolute Gasteiger partial charge is 0.494 e. The van der Waals surface area contributed by atoms with Crippen LogP contribution in [0.25, 0.3) is 12.2 Å². The van der Waals surface area contributed by atoms with Crippen LogP contribution in [0, 0.1) is 18.3 Å². The first-order chi connectivity index (χ1) is 24.7. The average Bonchev–Trinajstić information content (AvgIpc) is 3.14. The molecule has 0 saturated carbocycles. The van der Waals surface area contributed by atoms with E-state index in [-0.39, 0.29) is 23.7 Å². The normalized spacial score (nSPS) is 10.8. The first-order valence-electron chi connectivity index (χ1n) is 16.1. The second kappa shape index (κ2) is 21.5. The number of ether oxygens (including phenoxy) is 6. The van der Waals surface area contributed by atoms with Gasteiger partial charge in [-0.2, -0.15) is 5.26 Å². The zero-order valence-electron chi connectivity index (χ0n) is 28.3. The van der Waals surface area contributed by atoms with Crippen molar-refractivity contribution >= 4 is 36.0 Å². The lowest BCUT2D eigenvalue weighted by Crippen LogP contribution is -2.11. The Labute approximate surface area is 297 Å². The minimum atomic E-state index is -0.839. The molecule has 0 heterocycles. The van der Waals surface area contributed by atoms with Crippen LogP contribution in [0.5, 0.6) is 23.0 Å². The van der Waals surface area contributed by atoms with Crippen LogP contribution in [0.1, 0.15) is 42.4 Å². The van der Waals surface area contributed by atoms with Gasteiger partial charge in [-0.3, -0.25) is 0 Å². The van der Waals surface area contributed by atoms with Gasteiger partial charge in [-0.25, -0.2) is 19.2 Å². The maximum Gasteiger partial charge on any atom is 0.354 e.